The predicted molar refractivity (Wildman–Crippen MR) is 131 cm³/mol. The number of carbonyl (C=O) groups excluding carboxylic acids is 1. The van der Waals surface area contributed by atoms with Crippen molar-refractivity contribution < 1.29 is 28.5 Å². The van der Waals surface area contributed by atoms with Crippen LogP contribution in [-0.2, 0) is 11.2 Å². The largest absolute Gasteiger partial charge is 0.493 e. The molecule has 4 rings (SSSR count). The number of rotatable bonds is 9. The Kier molecular flexibility index (Phi) is 7.39. The Balaban J connectivity index is 1.84. The average molecular weight is 498 g/mol. The van der Waals surface area contributed by atoms with Gasteiger partial charge in [-0.1, -0.05) is 0 Å². The topological polar surface area (TPSA) is 120 Å². The van der Waals surface area contributed by atoms with Crippen LogP contribution in [0.4, 0.5) is 16.0 Å². The lowest BCUT2D eigenvalue weighted by Crippen LogP contribution is -2.31. The standard InChI is InChI=1S/C25H28FN5O5/c1-14-21(24(33)28-17-9-7-16(26)8-10-17)22(31-25(27-14)29-20(30-31)6-5-11-32)15-12-18(34-2)23(36-4)19(13-15)35-3/h7-10,12-13,22,32H,5-6,11H2,1-4H3,(H,28,33)(H,27,29,30)/t22-/m0/s1. The number of methoxy groups -OCH3 is 3. The number of aliphatic hydroxyl groups excluding tert-OH is 1. The molecular formula is C25H28FN5O5. The van der Waals surface area contributed by atoms with E-state index in [9.17, 15) is 14.3 Å². The van der Waals surface area contributed by atoms with E-state index in [-0.39, 0.29) is 6.61 Å². The van der Waals surface area contributed by atoms with Crippen molar-refractivity contribution in [2.45, 2.75) is 25.8 Å². The fraction of sp³-hybridized carbons (Fsp3) is 0.320. The Bertz CT molecular complexity index is 1260. The maximum absolute atomic E-state index is 13.6. The highest BCUT2D eigenvalue weighted by Crippen LogP contribution is 2.44. The summed E-state index contributed by atoms with van der Waals surface area (Å²) in [5.74, 6) is 1.43. The highest BCUT2D eigenvalue weighted by atomic mass is 19.1. The van der Waals surface area contributed by atoms with Gasteiger partial charge >= 0.3 is 0 Å². The van der Waals surface area contributed by atoms with Gasteiger partial charge in [-0.3, -0.25) is 4.79 Å². The van der Waals surface area contributed by atoms with E-state index in [1.54, 1.807) is 23.7 Å². The third-order valence-electron chi connectivity index (χ3n) is 5.80. The molecule has 3 N–H and O–H groups in total. The van der Waals surface area contributed by atoms with Crippen LogP contribution in [0.5, 0.6) is 17.2 Å². The SMILES string of the molecule is COc1cc([C@H]2C(C(=O)Nc3ccc(F)cc3)=C(C)Nc3nc(CCCO)nn32)cc(OC)c1OC. The number of nitrogens with zero attached hydrogens (tertiary/aromatic N) is 3. The first kappa shape index (κ1) is 25.0. The first-order valence-corrected chi connectivity index (χ1v) is 11.3. The van der Waals surface area contributed by atoms with E-state index >= 15 is 0 Å². The van der Waals surface area contributed by atoms with Crippen molar-refractivity contribution in [3.63, 3.8) is 0 Å². The molecule has 0 saturated heterocycles. The van der Waals surface area contributed by atoms with Gasteiger partial charge in [-0.2, -0.15) is 10.1 Å². The summed E-state index contributed by atoms with van der Waals surface area (Å²) in [7, 11) is 4.54. The van der Waals surface area contributed by atoms with E-state index in [2.05, 4.69) is 20.7 Å². The number of amides is 1. The van der Waals surface area contributed by atoms with Crippen LogP contribution in [0, 0.1) is 5.82 Å². The lowest BCUT2D eigenvalue weighted by molar-refractivity contribution is -0.113. The minimum Gasteiger partial charge on any atom is -0.493 e. The number of nitrogens with one attached hydrogen (secondary N) is 2. The molecule has 11 heteroatoms. The zero-order valence-corrected chi connectivity index (χ0v) is 20.5. The minimum absolute atomic E-state index is 0.0101. The van der Waals surface area contributed by atoms with Crippen molar-refractivity contribution in [3.8, 4) is 17.2 Å². The molecule has 0 bridgehead atoms. The number of halogens is 1. The van der Waals surface area contributed by atoms with Crippen LogP contribution in [0.3, 0.4) is 0 Å². The van der Waals surface area contributed by atoms with Crippen molar-refractivity contribution in [1.82, 2.24) is 14.8 Å². The number of carbonyl (C=O) groups is 1. The molecule has 10 nitrogen and oxygen atoms in total. The maximum Gasteiger partial charge on any atom is 0.255 e. The summed E-state index contributed by atoms with van der Waals surface area (Å²) < 4.78 is 31.5. The van der Waals surface area contributed by atoms with E-state index in [1.807, 2.05) is 0 Å². The number of aromatic nitrogens is 3. The Labute approximate surface area is 207 Å². The number of aryl methyl sites for hydroxylation is 1. The zero-order valence-electron chi connectivity index (χ0n) is 20.5. The molecule has 2 aromatic carbocycles. The van der Waals surface area contributed by atoms with Crippen molar-refractivity contribution in [1.29, 1.82) is 0 Å². The zero-order chi connectivity index (χ0) is 25.8. The van der Waals surface area contributed by atoms with Gasteiger partial charge in [0, 0.05) is 24.4 Å². The summed E-state index contributed by atoms with van der Waals surface area (Å²) in [5.41, 5.74) is 2.04. The number of fused-ring (bicyclic) bond motifs is 1. The van der Waals surface area contributed by atoms with E-state index in [0.29, 0.717) is 64.4 Å². The van der Waals surface area contributed by atoms with E-state index in [1.165, 1.54) is 45.6 Å². The number of ether oxygens (including phenoxy) is 3. The summed E-state index contributed by atoms with van der Waals surface area (Å²) in [6, 6.07) is 8.34. The molecule has 0 aliphatic carbocycles. The highest BCUT2D eigenvalue weighted by molar-refractivity contribution is 6.06. The molecule has 1 amide bonds. The van der Waals surface area contributed by atoms with Crippen molar-refractivity contribution in [3.05, 3.63) is 64.9 Å². The van der Waals surface area contributed by atoms with Crippen LogP contribution in [0.15, 0.2) is 47.7 Å². The third-order valence-corrected chi connectivity index (χ3v) is 5.80. The van der Waals surface area contributed by atoms with Crippen molar-refractivity contribution in [2.75, 3.05) is 38.6 Å². The number of allylic oxidation sites excluding steroid dienone is 1. The molecule has 1 aliphatic rings. The van der Waals surface area contributed by atoms with E-state index in [4.69, 9.17) is 14.2 Å². The molecule has 0 unspecified atom stereocenters. The van der Waals surface area contributed by atoms with Gasteiger partial charge in [-0.05, 0) is 55.3 Å². The van der Waals surface area contributed by atoms with Crippen LogP contribution in [0.1, 0.15) is 30.8 Å². The second-order valence-electron chi connectivity index (χ2n) is 8.11. The quantitative estimate of drug-likeness (QED) is 0.412. The molecule has 1 aromatic heterocycles. The first-order valence-electron chi connectivity index (χ1n) is 11.3. The van der Waals surface area contributed by atoms with Gasteiger partial charge in [0.15, 0.2) is 17.3 Å². The summed E-state index contributed by atoms with van der Waals surface area (Å²) >= 11 is 0. The third kappa shape index (κ3) is 4.82. The highest BCUT2D eigenvalue weighted by Gasteiger charge is 2.35. The number of hydrogen-bond donors (Lipinski definition) is 3. The van der Waals surface area contributed by atoms with Crippen LogP contribution >= 0.6 is 0 Å². The molecule has 0 fully saturated rings. The van der Waals surface area contributed by atoms with Crippen LogP contribution in [0.2, 0.25) is 0 Å². The number of aliphatic hydroxyl groups is 1. The summed E-state index contributed by atoms with van der Waals surface area (Å²) in [6.45, 7) is 1.78. The molecule has 1 aliphatic heterocycles. The molecule has 0 spiro atoms. The van der Waals surface area contributed by atoms with Gasteiger partial charge in [0.1, 0.15) is 11.9 Å². The Morgan fingerprint density at radius 1 is 1.14 bits per heavy atom. The van der Waals surface area contributed by atoms with Crippen molar-refractivity contribution in [2.24, 2.45) is 0 Å². The van der Waals surface area contributed by atoms with Crippen molar-refractivity contribution >= 4 is 17.5 Å². The normalized spacial score (nSPS) is 14.7. The smallest absolute Gasteiger partial charge is 0.255 e. The molecule has 190 valence electrons. The number of benzene rings is 2. The first-order chi connectivity index (χ1) is 17.4. The van der Waals surface area contributed by atoms with Gasteiger partial charge < -0.3 is 30.0 Å². The number of anilines is 2. The second-order valence-corrected chi connectivity index (χ2v) is 8.11. The predicted octanol–water partition coefficient (Wildman–Crippen LogP) is 3.30. The summed E-state index contributed by atoms with van der Waals surface area (Å²) in [4.78, 5) is 18.1. The van der Waals surface area contributed by atoms with Gasteiger partial charge in [0.2, 0.25) is 11.7 Å². The maximum atomic E-state index is 13.6. The van der Waals surface area contributed by atoms with Crippen LogP contribution in [-0.4, -0.2) is 53.7 Å². The fourth-order valence-corrected chi connectivity index (χ4v) is 4.13. The molecule has 36 heavy (non-hydrogen) atoms. The van der Waals surface area contributed by atoms with Crippen LogP contribution < -0.4 is 24.8 Å². The molecular weight excluding hydrogens is 469 g/mol. The monoisotopic (exact) mass is 497 g/mol. The summed E-state index contributed by atoms with van der Waals surface area (Å²) in [6.07, 6.45) is 0.971. The Hall–Kier alpha value is -4.12. The fourth-order valence-electron chi connectivity index (χ4n) is 4.13. The number of hydrogen-bond acceptors (Lipinski definition) is 8. The minimum atomic E-state index is -0.703. The molecule has 3 aromatic rings. The lowest BCUT2D eigenvalue weighted by Gasteiger charge is -2.29. The van der Waals surface area contributed by atoms with Crippen LogP contribution in [0.25, 0.3) is 0 Å². The molecule has 2 heterocycles. The average Bonchev–Trinajstić information content (AvgIpc) is 3.29. The van der Waals surface area contributed by atoms with Gasteiger partial charge in [-0.15, -0.1) is 0 Å². The molecule has 0 saturated carbocycles. The lowest BCUT2D eigenvalue weighted by atomic mass is 9.94. The Morgan fingerprint density at radius 3 is 2.39 bits per heavy atom. The van der Waals surface area contributed by atoms with Gasteiger partial charge in [0.05, 0.1) is 26.9 Å². The van der Waals surface area contributed by atoms with E-state index in [0.717, 1.165) is 0 Å². The second kappa shape index (κ2) is 10.6. The van der Waals surface area contributed by atoms with Gasteiger partial charge in [-0.25, -0.2) is 9.07 Å². The molecule has 0 radical (unpaired) electrons. The summed E-state index contributed by atoms with van der Waals surface area (Å²) in [5, 5.41) is 19.9. The van der Waals surface area contributed by atoms with Gasteiger partial charge in [0.25, 0.3) is 5.91 Å². The van der Waals surface area contributed by atoms with E-state index < -0.39 is 17.8 Å². The molecule has 1 atom stereocenters. The Morgan fingerprint density at radius 2 is 1.81 bits per heavy atom.